The fourth-order valence-electron chi connectivity index (χ4n) is 1.71. The van der Waals surface area contributed by atoms with Crippen molar-refractivity contribution >= 4 is 24.2 Å². The molecule has 0 aromatic heterocycles. The summed E-state index contributed by atoms with van der Waals surface area (Å²) < 4.78 is 7.38. The lowest BCUT2D eigenvalue weighted by atomic mass is 9.87. The van der Waals surface area contributed by atoms with Crippen LogP contribution in [0, 0.1) is 16.7 Å². The van der Waals surface area contributed by atoms with Crippen LogP contribution in [-0.2, 0) is 6.42 Å². The van der Waals surface area contributed by atoms with Gasteiger partial charge in [0, 0.05) is 4.47 Å². The van der Waals surface area contributed by atoms with E-state index in [1.54, 1.807) is 0 Å². The van der Waals surface area contributed by atoms with Crippen molar-refractivity contribution in [1.82, 2.24) is 0 Å². The summed E-state index contributed by atoms with van der Waals surface area (Å²) in [4.78, 5) is 0. The Kier molecular flexibility index (Phi) is 5.34. The summed E-state index contributed by atoms with van der Waals surface area (Å²) >= 11 is 3.58. The van der Waals surface area contributed by atoms with Crippen LogP contribution in [0.15, 0.2) is 22.7 Å². The van der Waals surface area contributed by atoms with Crippen molar-refractivity contribution in [3.05, 3.63) is 28.2 Å². The van der Waals surface area contributed by atoms with Crippen molar-refractivity contribution in [3.8, 4) is 11.8 Å². The monoisotopic (exact) mass is 367 g/mol. The number of nitriles is 1. The van der Waals surface area contributed by atoms with Gasteiger partial charge in [-0.3, -0.25) is 0 Å². The molecule has 1 rings (SSSR count). The molecule has 0 aliphatic carbocycles. The molecule has 0 atom stereocenters. The molecule has 0 saturated heterocycles. The molecule has 0 N–H and O–H groups in total. The van der Waals surface area contributed by atoms with E-state index >= 15 is 0 Å². The van der Waals surface area contributed by atoms with Crippen molar-refractivity contribution in [2.45, 2.75) is 59.2 Å². The number of hydrogen-bond donors (Lipinski definition) is 0. The first-order valence-corrected chi connectivity index (χ1v) is 11.0. The van der Waals surface area contributed by atoms with Crippen molar-refractivity contribution in [3.63, 3.8) is 0 Å². The Morgan fingerprint density at radius 2 is 1.76 bits per heavy atom. The average molecular weight is 368 g/mol. The molecule has 0 spiro atoms. The van der Waals surface area contributed by atoms with Gasteiger partial charge in [0.1, 0.15) is 5.75 Å². The average Bonchev–Trinajstić information content (AvgIpc) is 2.31. The first kappa shape index (κ1) is 18.3. The fourth-order valence-corrected chi connectivity index (χ4v) is 3.12. The summed E-state index contributed by atoms with van der Waals surface area (Å²) in [5.74, 6) is 0.911. The van der Waals surface area contributed by atoms with Crippen LogP contribution in [0.4, 0.5) is 0 Å². The van der Waals surface area contributed by atoms with Gasteiger partial charge in [-0.25, -0.2) is 0 Å². The molecule has 4 heteroatoms. The van der Waals surface area contributed by atoms with Gasteiger partial charge in [0.05, 0.1) is 11.5 Å². The van der Waals surface area contributed by atoms with E-state index in [1.807, 2.05) is 26.0 Å². The van der Waals surface area contributed by atoms with E-state index in [2.05, 4.69) is 61.9 Å². The summed E-state index contributed by atoms with van der Waals surface area (Å²) in [5, 5.41) is 9.39. The molecule has 0 radical (unpaired) electrons. The Morgan fingerprint density at radius 1 is 1.19 bits per heavy atom. The first-order chi connectivity index (χ1) is 9.38. The quantitative estimate of drug-likeness (QED) is 0.618. The van der Waals surface area contributed by atoms with Crippen molar-refractivity contribution in [2.75, 3.05) is 0 Å². The summed E-state index contributed by atoms with van der Waals surface area (Å²) in [5.41, 5.74) is 0.746. The molecule has 116 valence electrons. The fraction of sp³-hybridized carbons (Fsp3) is 0.588. The van der Waals surface area contributed by atoms with Crippen molar-refractivity contribution in [2.24, 2.45) is 5.41 Å². The third kappa shape index (κ3) is 4.86. The molecule has 0 aliphatic rings. The first-order valence-electron chi connectivity index (χ1n) is 7.27. The highest BCUT2D eigenvalue weighted by Gasteiger charge is 2.39. The highest BCUT2D eigenvalue weighted by Crippen LogP contribution is 2.38. The predicted octanol–water partition coefficient (Wildman–Crippen LogP) is 5.93. The van der Waals surface area contributed by atoms with E-state index in [9.17, 15) is 5.26 Å². The zero-order chi connectivity index (χ0) is 16.5. The number of hydrogen-bond acceptors (Lipinski definition) is 2. The minimum absolute atomic E-state index is 0.173. The Morgan fingerprint density at radius 3 is 2.24 bits per heavy atom. The van der Waals surface area contributed by atoms with Crippen LogP contribution in [0.5, 0.6) is 5.75 Å². The van der Waals surface area contributed by atoms with Crippen molar-refractivity contribution < 1.29 is 4.43 Å². The van der Waals surface area contributed by atoms with Gasteiger partial charge in [-0.2, -0.15) is 5.26 Å². The maximum Gasteiger partial charge on any atom is 0.250 e. The van der Waals surface area contributed by atoms with E-state index in [-0.39, 0.29) is 10.5 Å². The number of nitrogens with zero attached hydrogens (tertiary/aromatic N) is 1. The Hall–Kier alpha value is -0.793. The second-order valence-electron chi connectivity index (χ2n) is 7.79. The Labute approximate surface area is 138 Å². The van der Waals surface area contributed by atoms with Crippen molar-refractivity contribution in [1.29, 1.82) is 5.26 Å². The largest absolute Gasteiger partial charge is 0.543 e. The standard InChI is InChI=1S/C17H26BrNOSi/c1-16(2,3)21(6,7)20-14-8-9-15(18)13(10-14)11-17(4,5)12-19/h8-10H,11H2,1-7H3. The zero-order valence-electron chi connectivity index (χ0n) is 14.2. The van der Waals surface area contributed by atoms with Crippen LogP contribution in [-0.4, -0.2) is 8.32 Å². The maximum absolute atomic E-state index is 9.22. The molecular formula is C17H26BrNOSi. The Bertz CT molecular complexity index is 553. The Balaban J connectivity index is 3.06. The van der Waals surface area contributed by atoms with Gasteiger partial charge in [0.25, 0.3) is 0 Å². The van der Waals surface area contributed by atoms with Crippen LogP contribution >= 0.6 is 15.9 Å². The summed E-state index contributed by atoms with van der Waals surface area (Å²) in [6.07, 6.45) is 0.707. The molecular weight excluding hydrogens is 342 g/mol. The molecule has 0 amide bonds. The number of rotatable bonds is 4. The van der Waals surface area contributed by atoms with Gasteiger partial charge in [0.15, 0.2) is 0 Å². The van der Waals surface area contributed by atoms with Gasteiger partial charge in [0.2, 0.25) is 8.32 Å². The molecule has 0 bridgehead atoms. The highest BCUT2D eigenvalue weighted by molar-refractivity contribution is 9.10. The van der Waals surface area contributed by atoms with Gasteiger partial charge < -0.3 is 4.43 Å². The van der Waals surface area contributed by atoms with E-state index in [4.69, 9.17) is 4.43 Å². The zero-order valence-corrected chi connectivity index (χ0v) is 16.8. The van der Waals surface area contributed by atoms with Crippen LogP contribution in [0.1, 0.15) is 40.2 Å². The smallest absolute Gasteiger partial charge is 0.250 e. The molecule has 1 aromatic rings. The molecule has 0 saturated carbocycles. The third-order valence-electron chi connectivity index (χ3n) is 4.13. The summed E-state index contributed by atoms with van der Waals surface area (Å²) in [6, 6.07) is 8.46. The van der Waals surface area contributed by atoms with Crippen LogP contribution in [0.2, 0.25) is 18.1 Å². The second-order valence-corrected chi connectivity index (χ2v) is 13.4. The lowest BCUT2D eigenvalue weighted by molar-refractivity contribution is 0.480. The predicted molar refractivity (Wildman–Crippen MR) is 95.1 cm³/mol. The van der Waals surface area contributed by atoms with E-state index in [1.165, 1.54) is 0 Å². The van der Waals surface area contributed by atoms with Crippen LogP contribution < -0.4 is 4.43 Å². The highest BCUT2D eigenvalue weighted by atomic mass is 79.9. The topological polar surface area (TPSA) is 33.0 Å². The van der Waals surface area contributed by atoms with E-state index in [0.717, 1.165) is 15.8 Å². The van der Waals surface area contributed by atoms with E-state index in [0.29, 0.717) is 6.42 Å². The minimum atomic E-state index is -1.83. The SMILES string of the molecule is CC(C)(C#N)Cc1cc(O[Si](C)(C)C(C)(C)C)ccc1Br. The molecule has 1 aromatic carbocycles. The normalized spacial score (nSPS) is 12.9. The van der Waals surface area contributed by atoms with Gasteiger partial charge >= 0.3 is 0 Å². The molecule has 21 heavy (non-hydrogen) atoms. The van der Waals surface area contributed by atoms with Crippen LogP contribution in [0.25, 0.3) is 0 Å². The molecule has 0 fully saturated rings. The summed E-state index contributed by atoms with van der Waals surface area (Å²) in [7, 11) is -1.83. The van der Waals surface area contributed by atoms with Gasteiger partial charge in [-0.05, 0) is 62.2 Å². The van der Waals surface area contributed by atoms with Gasteiger partial charge in [-0.15, -0.1) is 0 Å². The maximum atomic E-state index is 9.22. The molecule has 2 nitrogen and oxygen atoms in total. The second kappa shape index (κ2) is 6.14. The third-order valence-corrected chi connectivity index (χ3v) is 9.26. The number of benzene rings is 1. The van der Waals surface area contributed by atoms with Crippen LogP contribution in [0.3, 0.4) is 0 Å². The minimum Gasteiger partial charge on any atom is -0.543 e. The number of halogens is 1. The van der Waals surface area contributed by atoms with Gasteiger partial charge in [-0.1, -0.05) is 36.7 Å². The lowest BCUT2D eigenvalue weighted by Crippen LogP contribution is -2.43. The van der Waals surface area contributed by atoms with E-state index < -0.39 is 8.32 Å². The molecule has 0 unspecified atom stereocenters. The molecule has 0 heterocycles. The molecule has 0 aliphatic heterocycles. The summed E-state index contributed by atoms with van der Waals surface area (Å²) in [6.45, 7) is 15.1. The lowest BCUT2D eigenvalue weighted by Gasteiger charge is -2.36.